The minimum atomic E-state index is 0.268. The third-order valence-corrected chi connectivity index (χ3v) is 8.41. The van der Waals surface area contributed by atoms with Crippen molar-refractivity contribution in [3.8, 4) is 0 Å². The van der Waals surface area contributed by atoms with Crippen molar-refractivity contribution in [3.63, 3.8) is 0 Å². The van der Waals surface area contributed by atoms with Crippen molar-refractivity contribution < 1.29 is 4.79 Å². The van der Waals surface area contributed by atoms with Gasteiger partial charge in [-0.1, -0.05) is 194 Å². The second-order valence-electron chi connectivity index (χ2n) is 12.6. The third kappa shape index (κ3) is 31.7. The SMILES string of the molecule is CCCCCCCCCCCCCCCCCCCCCCCCCCC(=O)NC(C)CCCCCCC. The number of carbonyl (C=O) groups is 1. The topological polar surface area (TPSA) is 29.1 Å². The largest absolute Gasteiger partial charge is 0.354 e. The van der Waals surface area contributed by atoms with Gasteiger partial charge in [-0.15, -0.1) is 0 Å². The van der Waals surface area contributed by atoms with Gasteiger partial charge in [-0.2, -0.15) is 0 Å². The lowest BCUT2D eigenvalue weighted by Crippen LogP contribution is -2.32. The molecule has 0 heterocycles. The summed E-state index contributed by atoms with van der Waals surface area (Å²) in [5, 5.41) is 3.20. The highest BCUT2D eigenvalue weighted by atomic mass is 16.1. The Morgan fingerprint density at radius 2 is 0.684 bits per heavy atom. The quantitative estimate of drug-likeness (QED) is 0.0852. The first-order valence-electron chi connectivity index (χ1n) is 18.0. The molecule has 0 aliphatic heterocycles. The van der Waals surface area contributed by atoms with Gasteiger partial charge >= 0.3 is 0 Å². The van der Waals surface area contributed by atoms with Gasteiger partial charge in [0.25, 0.3) is 0 Å². The van der Waals surface area contributed by atoms with Gasteiger partial charge in [-0.3, -0.25) is 4.79 Å². The molecule has 2 nitrogen and oxygen atoms in total. The molecule has 228 valence electrons. The lowest BCUT2D eigenvalue weighted by Gasteiger charge is -2.13. The van der Waals surface area contributed by atoms with Crippen molar-refractivity contribution in [2.24, 2.45) is 0 Å². The van der Waals surface area contributed by atoms with Crippen molar-refractivity contribution in [2.45, 2.75) is 226 Å². The lowest BCUT2D eigenvalue weighted by molar-refractivity contribution is -0.121. The van der Waals surface area contributed by atoms with Crippen LogP contribution in [0.4, 0.5) is 0 Å². The van der Waals surface area contributed by atoms with Crippen LogP contribution in [0, 0.1) is 0 Å². The zero-order valence-corrected chi connectivity index (χ0v) is 26.9. The smallest absolute Gasteiger partial charge is 0.220 e. The summed E-state index contributed by atoms with van der Waals surface area (Å²) in [6.07, 6.45) is 42.4. The molecular weight excluding hydrogens is 462 g/mol. The molecule has 0 radical (unpaired) electrons. The summed E-state index contributed by atoms with van der Waals surface area (Å²) in [4.78, 5) is 12.1. The van der Waals surface area contributed by atoms with E-state index < -0.39 is 0 Å². The number of carbonyl (C=O) groups excluding carboxylic acids is 1. The zero-order chi connectivity index (χ0) is 27.8. The Morgan fingerprint density at radius 3 is 1.00 bits per heavy atom. The number of hydrogen-bond donors (Lipinski definition) is 1. The maximum absolute atomic E-state index is 12.1. The van der Waals surface area contributed by atoms with Crippen LogP contribution in [0.5, 0.6) is 0 Å². The van der Waals surface area contributed by atoms with E-state index in [1.165, 1.54) is 180 Å². The second kappa shape index (κ2) is 32.7. The van der Waals surface area contributed by atoms with Crippen LogP contribution in [0.2, 0.25) is 0 Å². The fraction of sp³-hybridized carbons (Fsp3) is 0.972. The standard InChI is InChI=1S/C36H73NO/c1-4-6-8-10-11-12-13-14-15-16-17-18-19-20-21-22-23-24-25-26-27-28-30-32-34-36(38)37-35(3)33-31-29-9-7-5-2/h35H,4-34H2,1-3H3,(H,37,38). The second-order valence-corrected chi connectivity index (χ2v) is 12.6. The van der Waals surface area contributed by atoms with E-state index in [4.69, 9.17) is 0 Å². The molecule has 0 aromatic heterocycles. The molecular formula is C36H73NO. The molecule has 0 aliphatic carbocycles. The first-order chi connectivity index (χ1) is 18.7. The number of unbranched alkanes of at least 4 members (excludes halogenated alkanes) is 27. The van der Waals surface area contributed by atoms with E-state index in [2.05, 4.69) is 26.1 Å². The van der Waals surface area contributed by atoms with Crippen molar-refractivity contribution in [1.29, 1.82) is 0 Å². The van der Waals surface area contributed by atoms with E-state index in [-0.39, 0.29) is 5.91 Å². The lowest BCUT2D eigenvalue weighted by atomic mass is 10.0. The van der Waals surface area contributed by atoms with Crippen molar-refractivity contribution in [3.05, 3.63) is 0 Å². The van der Waals surface area contributed by atoms with Gasteiger partial charge in [0.1, 0.15) is 0 Å². The maximum atomic E-state index is 12.1. The molecule has 2 heteroatoms. The van der Waals surface area contributed by atoms with E-state index in [0.717, 1.165) is 19.3 Å². The number of nitrogens with one attached hydrogen (secondary N) is 1. The highest BCUT2D eigenvalue weighted by Gasteiger charge is 2.07. The van der Waals surface area contributed by atoms with E-state index in [0.29, 0.717) is 6.04 Å². The molecule has 0 rings (SSSR count). The molecule has 0 aromatic carbocycles. The Kier molecular flexibility index (Phi) is 32.2. The average molecular weight is 536 g/mol. The van der Waals surface area contributed by atoms with E-state index in [1.54, 1.807) is 0 Å². The van der Waals surface area contributed by atoms with Gasteiger partial charge in [0.15, 0.2) is 0 Å². The van der Waals surface area contributed by atoms with E-state index in [1.807, 2.05) is 0 Å². The fourth-order valence-corrected chi connectivity index (χ4v) is 5.72. The Hall–Kier alpha value is -0.530. The van der Waals surface area contributed by atoms with Crippen LogP contribution in [-0.4, -0.2) is 11.9 Å². The van der Waals surface area contributed by atoms with Crippen LogP contribution in [0.25, 0.3) is 0 Å². The Bertz CT molecular complexity index is 449. The Labute approximate surface area is 241 Å². The molecule has 1 amide bonds. The van der Waals surface area contributed by atoms with Crippen molar-refractivity contribution in [2.75, 3.05) is 0 Å². The van der Waals surface area contributed by atoms with Crippen LogP contribution >= 0.6 is 0 Å². The highest BCUT2D eigenvalue weighted by molar-refractivity contribution is 5.76. The number of rotatable bonds is 32. The summed E-state index contributed by atoms with van der Waals surface area (Å²) in [5.74, 6) is 0.268. The zero-order valence-electron chi connectivity index (χ0n) is 26.9. The molecule has 1 atom stereocenters. The maximum Gasteiger partial charge on any atom is 0.220 e. The summed E-state index contributed by atoms with van der Waals surface area (Å²) in [6, 6.07) is 0.346. The van der Waals surface area contributed by atoms with Crippen LogP contribution in [0.3, 0.4) is 0 Å². The van der Waals surface area contributed by atoms with Crippen LogP contribution in [0.1, 0.15) is 220 Å². The predicted molar refractivity (Wildman–Crippen MR) is 172 cm³/mol. The molecule has 0 spiro atoms. The molecule has 0 bridgehead atoms. The monoisotopic (exact) mass is 536 g/mol. The fourth-order valence-electron chi connectivity index (χ4n) is 5.72. The molecule has 1 N–H and O–H groups in total. The van der Waals surface area contributed by atoms with Gasteiger partial charge in [0.2, 0.25) is 5.91 Å². The first kappa shape index (κ1) is 37.5. The predicted octanol–water partition coefficient (Wildman–Crippen LogP) is 12.6. The number of hydrogen-bond acceptors (Lipinski definition) is 1. The van der Waals surface area contributed by atoms with Crippen molar-refractivity contribution in [1.82, 2.24) is 5.32 Å². The van der Waals surface area contributed by atoms with Gasteiger partial charge in [-0.05, 0) is 19.8 Å². The summed E-state index contributed by atoms with van der Waals surface area (Å²) in [6.45, 7) is 6.72. The molecule has 0 aliphatic rings. The third-order valence-electron chi connectivity index (χ3n) is 8.41. The normalized spacial score (nSPS) is 12.2. The Morgan fingerprint density at radius 1 is 0.421 bits per heavy atom. The summed E-state index contributed by atoms with van der Waals surface area (Å²) in [5.41, 5.74) is 0. The van der Waals surface area contributed by atoms with Gasteiger partial charge in [0.05, 0.1) is 0 Å². The summed E-state index contributed by atoms with van der Waals surface area (Å²) < 4.78 is 0. The van der Waals surface area contributed by atoms with Crippen molar-refractivity contribution >= 4 is 5.91 Å². The average Bonchev–Trinajstić information content (AvgIpc) is 2.91. The minimum Gasteiger partial charge on any atom is -0.354 e. The molecule has 0 saturated carbocycles. The molecule has 0 fully saturated rings. The molecule has 0 saturated heterocycles. The van der Waals surface area contributed by atoms with Crippen LogP contribution < -0.4 is 5.32 Å². The van der Waals surface area contributed by atoms with Gasteiger partial charge < -0.3 is 5.32 Å². The highest BCUT2D eigenvalue weighted by Crippen LogP contribution is 2.16. The summed E-state index contributed by atoms with van der Waals surface area (Å²) in [7, 11) is 0. The summed E-state index contributed by atoms with van der Waals surface area (Å²) >= 11 is 0. The van der Waals surface area contributed by atoms with Gasteiger partial charge in [0, 0.05) is 12.5 Å². The molecule has 0 aromatic rings. The first-order valence-corrected chi connectivity index (χ1v) is 18.0. The number of amides is 1. The minimum absolute atomic E-state index is 0.268. The van der Waals surface area contributed by atoms with Gasteiger partial charge in [-0.25, -0.2) is 0 Å². The molecule has 38 heavy (non-hydrogen) atoms. The molecule has 1 unspecified atom stereocenters. The van der Waals surface area contributed by atoms with E-state index in [9.17, 15) is 4.79 Å². The Balaban J connectivity index is 3.17. The van der Waals surface area contributed by atoms with Crippen LogP contribution in [0.15, 0.2) is 0 Å². The van der Waals surface area contributed by atoms with E-state index >= 15 is 0 Å². The van der Waals surface area contributed by atoms with Crippen LogP contribution in [-0.2, 0) is 4.79 Å².